The quantitative estimate of drug-likeness (QED) is 0.914. The molecule has 0 saturated carbocycles. The number of benzene rings is 1. The van der Waals surface area contributed by atoms with E-state index in [4.69, 9.17) is 4.74 Å². The van der Waals surface area contributed by atoms with Crippen LogP contribution in [0.25, 0.3) is 0 Å². The van der Waals surface area contributed by atoms with Crippen LogP contribution in [0.1, 0.15) is 24.1 Å². The normalized spacial score (nSPS) is 17.5. The topological polar surface area (TPSA) is 68.2 Å². The first kappa shape index (κ1) is 14.4. The predicted molar refractivity (Wildman–Crippen MR) is 84.2 cm³/mol. The summed E-state index contributed by atoms with van der Waals surface area (Å²) in [5.41, 5.74) is 2.13. The molecule has 2 aromatic rings. The molecule has 2 unspecified atom stereocenters. The fraction of sp³-hybridized carbons (Fsp3) is 0.375. The Morgan fingerprint density at radius 3 is 2.95 bits per heavy atom. The van der Waals surface area contributed by atoms with Crippen molar-refractivity contribution in [1.82, 2.24) is 15.1 Å². The van der Waals surface area contributed by atoms with Gasteiger partial charge < -0.3 is 10.1 Å². The molecule has 1 aromatic carbocycles. The van der Waals surface area contributed by atoms with Crippen molar-refractivity contribution in [2.24, 2.45) is 7.05 Å². The Bertz CT molecular complexity index is 676. The molecular weight excluding hydrogens is 280 g/mol. The maximum absolute atomic E-state index is 12.1. The largest absolute Gasteiger partial charge is 0.493 e. The third-order valence-corrected chi connectivity index (χ3v) is 4.05. The van der Waals surface area contributed by atoms with E-state index in [-0.39, 0.29) is 18.0 Å². The highest BCUT2D eigenvalue weighted by atomic mass is 16.5. The van der Waals surface area contributed by atoms with Crippen molar-refractivity contribution in [3.8, 4) is 5.75 Å². The number of nitrogens with zero attached hydrogens (tertiary/aromatic N) is 2. The van der Waals surface area contributed by atoms with Gasteiger partial charge in [0.25, 0.3) is 0 Å². The van der Waals surface area contributed by atoms with Gasteiger partial charge in [0.15, 0.2) is 5.82 Å². The van der Waals surface area contributed by atoms with Crippen LogP contribution >= 0.6 is 0 Å². The van der Waals surface area contributed by atoms with Crippen molar-refractivity contribution >= 4 is 11.8 Å². The van der Waals surface area contributed by atoms with Crippen LogP contribution in [0.3, 0.4) is 0 Å². The van der Waals surface area contributed by atoms with Gasteiger partial charge in [-0.05, 0) is 19.9 Å². The molecule has 2 heterocycles. The Morgan fingerprint density at radius 2 is 2.23 bits per heavy atom. The van der Waals surface area contributed by atoms with Crippen LogP contribution in [-0.4, -0.2) is 28.5 Å². The zero-order valence-electron chi connectivity index (χ0n) is 13.0. The zero-order valence-corrected chi connectivity index (χ0v) is 13.0. The molecule has 0 spiro atoms. The number of amides is 2. The molecule has 1 aliphatic heterocycles. The van der Waals surface area contributed by atoms with E-state index in [0.29, 0.717) is 12.4 Å². The van der Waals surface area contributed by atoms with Crippen molar-refractivity contribution in [2.75, 3.05) is 11.9 Å². The van der Waals surface area contributed by atoms with E-state index < -0.39 is 0 Å². The van der Waals surface area contributed by atoms with Crippen LogP contribution in [0.4, 0.5) is 10.6 Å². The Labute approximate surface area is 129 Å². The van der Waals surface area contributed by atoms with Gasteiger partial charge in [0.05, 0.1) is 6.61 Å². The molecule has 0 saturated heterocycles. The highest BCUT2D eigenvalue weighted by Gasteiger charge is 2.29. The standard InChI is InChI=1S/C16H20N4O2/c1-10-8-15(19-20(10)3)18-16(21)17-11(2)13-9-22-14-7-5-4-6-12(13)14/h4-8,11,13H,9H2,1-3H3,(H2,17,18,19,21). The number of carbonyl (C=O) groups is 1. The first-order valence-electron chi connectivity index (χ1n) is 7.34. The average molecular weight is 300 g/mol. The lowest BCUT2D eigenvalue weighted by Crippen LogP contribution is -2.40. The highest BCUT2D eigenvalue weighted by Crippen LogP contribution is 2.35. The number of aromatic nitrogens is 2. The molecule has 6 nitrogen and oxygen atoms in total. The molecule has 1 aliphatic rings. The smallest absolute Gasteiger partial charge is 0.320 e. The molecule has 3 rings (SSSR count). The number of ether oxygens (including phenoxy) is 1. The van der Waals surface area contributed by atoms with Crippen LogP contribution in [0.5, 0.6) is 5.75 Å². The van der Waals surface area contributed by atoms with E-state index in [9.17, 15) is 4.79 Å². The number of urea groups is 1. The predicted octanol–water partition coefficient (Wildman–Crippen LogP) is 2.41. The number of hydrogen-bond donors (Lipinski definition) is 2. The summed E-state index contributed by atoms with van der Waals surface area (Å²) >= 11 is 0. The number of carbonyl (C=O) groups excluding carboxylic acids is 1. The molecule has 2 atom stereocenters. The lowest BCUT2D eigenvalue weighted by Gasteiger charge is -2.19. The van der Waals surface area contributed by atoms with E-state index in [1.807, 2.05) is 51.2 Å². The fourth-order valence-corrected chi connectivity index (χ4v) is 2.68. The summed E-state index contributed by atoms with van der Waals surface area (Å²) in [4.78, 5) is 12.1. The van der Waals surface area contributed by atoms with Crippen molar-refractivity contribution in [3.63, 3.8) is 0 Å². The molecule has 2 amide bonds. The minimum absolute atomic E-state index is 0.0338. The van der Waals surface area contributed by atoms with E-state index >= 15 is 0 Å². The lowest BCUT2D eigenvalue weighted by atomic mass is 9.94. The van der Waals surface area contributed by atoms with Crippen LogP contribution in [0.15, 0.2) is 30.3 Å². The summed E-state index contributed by atoms with van der Waals surface area (Å²) < 4.78 is 7.39. The number of anilines is 1. The van der Waals surface area contributed by atoms with Gasteiger partial charge in [0.2, 0.25) is 0 Å². The molecule has 116 valence electrons. The number of hydrogen-bond acceptors (Lipinski definition) is 3. The van der Waals surface area contributed by atoms with Crippen LogP contribution in [0.2, 0.25) is 0 Å². The summed E-state index contributed by atoms with van der Waals surface area (Å²) in [6, 6.07) is 9.49. The summed E-state index contributed by atoms with van der Waals surface area (Å²) in [5, 5.41) is 9.93. The van der Waals surface area contributed by atoms with Gasteiger partial charge in [0, 0.05) is 36.3 Å². The van der Waals surface area contributed by atoms with Crippen LogP contribution < -0.4 is 15.4 Å². The molecule has 22 heavy (non-hydrogen) atoms. The second-order valence-electron chi connectivity index (χ2n) is 5.64. The van der Waals surface area contributed by atoms with Gasteiger partial charge in [-0.3, -0.25) is 10.00 Å². The minimum Gasteiger partial charge on any atom is -0.493 e. The number of fused-ring (bicyclic) bond motifs is 1. The molecule has 2 N–H and O–H groups in total. The lowest BCUT2D eigenvalue weighted by molar-refractivity contribution is 0.244. The molecule has 0 fully saturated rings. The second-order valence-corrected chi connectivity index (χ2v) is 5.64. The average Bonchev–Trinajstić information content (AvgIpc) is 3.02. The Morgan fingerprint density at radius 1 is 1.45 bits per heavy atom. The molecular formula is C16H20N4O2. The Hall–Kier alpha value is -2.50. The molecule has 0 radical (unpaired) electrons. The molecule has 1 aromatic heterocycles. The first-order valence-corrected chi connectivity index (χ1v) is 7.34. The van der Waals surface area contributed by atoms with E-state index in [2.05, 4.69) is 15.7 Å². The van der Waals surface area contributed by atoms with Gasteiger partial charge in [-0.2, -0.15) is 5.10 Å². The maximum atomic E-state index is 12.1. The fourth-order valence-electron chi connectivity index (χ4n) is 2.68. The number of para-hydroxylation sites is 1. The van der Waals surface area contributed by atoms with E-state index in [0.717, 1.165) is 17.0 Å². The van der Waals surface area contributed by atoms with Gasteiger partial charge in [0.1, 0.15) is 5.75 Å². The second kappa shape index (κ2) is 5.71. The maximum Gasteiger partial charge on any atom is 0.320 e. The van der Waals surface area contributed by atoms with Gasteiger partial charge in [-0.25, -0.2) is 4.79 Å². The number of rotatable bonds is 3. The summed E-state index contributed by atoms with van der Waals surface area (Å²) in [5.74, 6) is 1.61. The van der Waals surface area contributed by atoms with Crippen LogP contribution in [-0.2, 0) is 7.05 Å². The van der Waals surface area contributed by atoms with Crippen LogP contribution in [0, 0.1) is 6.92 Å². The van der Waals surface area contributed by atoms with Crippen molar-refractivity contribution < 1.29 is 9.53 Å². The third kappa shape index (κ3) is 2.77. The summed E-state index contributed by atoms with van der Waals surface area (Å²) in [7, 11) is 1.84. The minimum atomic E-state index is -0.255. The van der Waals surface area contributed by atoms with Crippen molar-refractivity contribution in [3.05, 3.63) is 41.6 Å². The molecule has 0 aliphatic carbocycles. The summed E-state index contributed by atoms with van der Waals surface area (Å²) in [6.07, 6.45) is 0. The molecule has 0 bridgehead atoms. The third-order valence-electron chi connectivity index (χ3n) is 4.05. The van der Waals surface area contributed by atoms with Crippen molar-refractivity contribution in [1.29, 1.82) is 0 Å². The Kier molecular flexibility index (Phi) is 3.75. The zero-order chi connectivity index (χ0) is 15.7. The van der Waals surface area contributed by atoms with Gasteiger partial charge in [-0.15, -0.1) is 0 Å². The highest BCUT2D eigenvalue weighted by molar-refractivity contribution is 5.88. The Balaban J connectivity index is 1.62. The van der Waals surface area contributed by atoms with Crippen molar-refractivity contribution in [2.45, 2.75) is 25.8 Å². The molecule has 6 heteroatoms. The van der Waals surface area contributed by atoms with E-state index in [1.165, 1.54) is 0 Å². The SMILES string of the molecule is Cc1cc(NC(=O)NC(C)C2COc3ccccc32)nn1C. The van der Waals surface area contributed by atoms with E-state index in [1.54, 1.807) is 4.68 Å². The summed E-state index contributed by atoms with van der Waals surface area (Å²) in [6.45, 7) is 4.51. The number of aryl methyl sites for hydroxylation is 2. The van der Waals surface area contributed by atoms with Gasteiger partial charge in [-0.1, -0.05) is 18.2 Å². The number of nitrogens with one attached hydrogen (secondary N) is 2. The first-order chi connectivity index (χ1) is 10.5. The monoisotopic (exact) mass is 300 g/mol. The van der Waals surface area contributed by atoms with Gasteiger partial charge >= 0.3 is 6.03 Å².